The van der Waals surface area contributed by atoms with Gasteiger partial charge in [-0.15, -0.1) is 0 Å². The fourth-order valence-corrected chi connectivity index (χ4v) is 2.49. The first kappa shape index (κ1) is 15.5. The van der Waals surface area contributed by atoms with Crippen molar-refractivity contribution in [3.63, 3.8) is 0 Å². The van der Waals surface area contributed by atoms with E-state index < -0.39 is 0 Å². The molecule has 0 unspecified atom stereocenters. The molecule has 0 saturated carbocycles. The summed E-state index contributed by atoms with van der Waals surface area (Å²) in [4.78, 5) is 2.25. The minimum atomic E-state index is 0.400. The van der Waals surface area contributed by atoms with Crippen LogP contribution in [0, 0.1) is 18.3 Å². The van der Waals surface area contributed by atoms with Gasteiger partial charge in [-0.25, -0.2) is 0 Å². The Kier molecular flexibility index (Phi) is 5.84. The molecule has 0 bridgehead atoms. The summed E-state index contributed by atoms with van der Waals surface area (Å²) in [6, 6.07) is 2.68. The molecule has 0 aliphatic rings. The summed E-state index contributed by atoms with van der Waals surface area (Å²) in [7, 11) is 3.59. The van der Waals surface area contributed by atoms with E-state index in [0.717, 1.165) is 30.9 Å². The fourth-order valence-electron chi connectivity index (χ4n) is 2.49. The van der Waals surface area contributed by atoms with Gasteiger partial charge in [0.25, 0.3) is 0 Å². The summed E-state index contributed by atoms with van der Waals surface area (Å²) in [5.74, 6) is 0.908. The van der Waals surface area contributed by atoms with E-state index in [-0.39, 0.29) is 0 Å². The van der Waals surface area contributed by atoms with Crippen LogP contribution in [-0.2, 0) is 11.8 Å². The van der Waals surface area contributed by atoms with Crippen LogP contribution in [0.2, 0.25) is 0 Å². The van der Waals surface area contributed by atoms with Crippen LogP contribution < -0.4 is 4.90 Å². The maximum absolute atomic E-state index is 9.35. The summed E-state index contributed by atoms with van der Waals surface area (Å²) < 4.78 is 7.01. The monoisotopic (exact) mass is 264 g/mol. The van der Waals surface area contributed by atoms with Gasteiger partial charge in [0.1, 0.15) is 17.5 Å². The third kappa shape index (κ3) is 3.27. The molecule has 106 valence electrons. The van der Waals surface area contributed by atoms with Crippen molar-refractivity contribution in [2.24, 2.45) is 7.05 Å². The molecule has 0 saturated heterocycles. The van der Waals surface area contributed by atoms with Gasteiger partial charge in [-0.3, -0.25) is 4.68 Å². The zero-order valence-corrected chi connectivity index (χ0v) is 12.6. The van der Waals surface area contributed by atoms with Gasteiger partial charge in [-0.05, 0) is 19.8 Å². The van der Waals surface area contributed by atoms with E-state index in [1.54, 1.807) is 7.11 Å². The van der Waals surface area contributed by atoms with Crippen LogP contribution in [0.25, 0.3) is 0 Å². The quantitative estimate of drug-likeness (QED) is 0.758. The summed E-state index contributed by atoms with van der Waals surface area (Å²) >= 11 is 0. The number of nitriles is 1. The Balaban J connectivity index is 3.20. The Morgan fingerprint density at radius 2 is 2.05 bits per heavy atom. The molecule has 0 spiro atoms. The third-order valence-electron chi connectivity index (χ3n) is 3.50. The second-order valence-electron chi connectivity index (χ2n) is 4.68. The first-order valence-electron chi connectivity index (χ1n) is 6.79. The lowest BCUT2D eigenvalue weighted by atomic mass is 10.1. The van der Waals surface area contributed by atoms with Crippen molar-refractivity contribution in [2.45, 2.75) is 39.7 Å². The minimum Gasteiger partial charge on any atom is -0.383 e. The Bertz CT molecular complexity index is 443. The molecular weight excluding hydrogens is 240 g/mol. The predicted molar refractivity (Wildman–Crippen MR) is 76.3 cm³/mol. The highest BCUT2D eigenvalue weighted by molar-refractivity contribution is 5.57. The third-order valence-corrected chi connectivity index (χ3v) is 3.50. The van der Waals surface area contributed by atoms with E-state index in [0.29, 0.717) is 18.2 Å². The van der Waals surface area contributed by atoms with Gasteiger partial charge in [0.2, 0.25) is 0 Å². The Morgan fingerprint density at radius 1 is 1.42 bits per heavy atom. The Hall–Kier alpha value is -1.54. The first-order chi connectivity index (χ1) is 9.10. The van der Waals surface area contributed by atoms with Gasteiger partial charge in [0, 0.05) is 26.7 Å². The molecule has 0 radical (unpaired) electrons. The van der Waals surface area contributed by atoms with E-state index in [4.69, 9.17) is 4.74 Å². The van der Waals surface area contributed by atoms with Crippen molar-refractivity contribution in [1.29, 1.82) is 5.26 Å². The molecule has 0 N–H and O–H groups in total. The number of nitrogens with zero attached hydrogens (tertiary/aromatic N) is 4. The van der Waals surface area contributed by atoms with Crippen LogP contribution in [0.5, 0.6) is 0 Å². The number of anilines is 1. The molecule has 19 heavy (non-hydrogen) atoms. The molecule has 1 aromatic rings. The predicted octanol–water partition coefficient (Wildman–Crippen LogP) is 2.24. The highest BCUT2D eigenvalue weighted by Gasteiger charge is 2.23. The van der Waals surface area contributed by atoms with Gasteiger partial charge in [0.05, 0.1) is 12.3 Å². The van der Waals surface area contributed by atoms with Crippen LogP contribution in [0.15, 0.2) is 0 Å². The summed E-state index contributed by atoms with van der Waals surface area (Å²) in [6.07, 6.45) is 2.07. The van der Waals surface area contributed by atoms with Crippen LogP contribution in [0.3, 0.4) is 0 Å². The van der Waals surface area contributed by atoms with Gasteiger partial charge in [0.15, 0.2) is 0 Å². The van der Waals surface area contributed by atoms with Gasteiger partial charge in [-0.2, -0.15) is 10.4 Å². The maximum Gasteiger partial charge on any atom is 0.145 e. The van der Waals surface area contributed by atoms with Crippen molar-refractivity contribution >= 4 is 5.82 Å². The highest BCUT2D eigenvalue weighted by Crippen LogP contribution is 2.26. The number of ether oxygens (including phenoxy) is 1. The second-order valence-corrected chi connectivity index (χ2v) is 4.68. The van der Waals surface area contributed by atoms with Crippen LogP contribution in [-0.4, -0.2) is 36.1 Å². The van der Waals surface area contributed by atoms with Crippen LogP contribution in [0.1, 0.15) is 37.9 Å². The zero-order chi connectivity index (χ0) is 14.4. The summed E-state index contributed by atoms with van der Waals surface area (Å²) in [5.41, 5.74) is 1.46. The smallest absolute Gasteiger partial charge is 0.145 e. The maximum atomic E-state index is 9.35. The normalized spacial score (nSPS) is 10.8. The van der Waals surface area contributed by atoms with Crippen molar-refractivity contribution in [1.82, 2.24) is 9.78 Å². The van der Waals surface area contributed by atoms with Crippen molar-refractivity contribution in [3.05, 3.63) is 11.3 Å². The fraction of sp³-hybridized carbons (Fsp3) is 0.714. The number of hydrogen-bond acceptors (Lipinski definition) is 4. The van der Waals surface area contributed by atoms with Crippen LogP contribution >= 0.6 is 0 Å². The van der Waals surface area contributed by atoms with Crippen molar-refractivity contribution in [2.75, 3.05) is 25.2 Å². The molecule has 1 heterocycles. The van der Waals surface area contributed by atoms with E-state index in [1.165, 1.54) is 0 Å². The van der Waals surface area contributed by atoms with Crippen molar-refractivity contribution < 1.29 is 4.74 Å². The molecule has 1 rings (SSSR count). The molecule has 0 aromatic carbocycles. The number of aromatic nitrogens is 2. The average molecular weight is 264 g/mol. The number of hydrogen-bond donors (Lipinski definition) is 0. The van der Waals surface area contributed by atoms with E-state index >= 15 is 0 Å². The molecule has 0 amide bonds. The Morgan fingerprint density at radius 3 is 2.53 bits per heavy atom. The Labute approximate surface area is 115 Å². The average Bonchev–Trinajstić information content (AvgIpc) is 2.68. The lowest BCUT2D eigenvalue weighted by Crippen LogP contribution is -2.38. The molecule has 0 aliphatic heterocycles. The van der Waals surface area contributed by atoms with E-state index in [9.17, 15) is 5.26 Å². The summed E-state index contributed by atoms with van der Waals surface area (Å²) in [5, 5.41) is 13.7. The lowest BCUT2D eigenvalue weighted by molar-refractivity contribution is 0.202. The lowest BCUT2D eigenvalue weighted by Gasteiger charge is -2.32. The summed E-state index contributed by atoms with van der Waals surface area (Å²) in [6.45, 7) is 7.64. The largest absolute Gasteiger partial charge is 0.383 e. The topological polar surface area (TPSA) is 54.1 Å². The number of methoxy groups -OCH3 is 1. The zero-order valence-electron chi connectivity index (χ0n) is 12.6. The van der Waals surface area contributed by atoms with E-state index in [2.05, 4.69) is 29.9 Å². The second kappa shape index (κ2) is 7.15. The molecule has 5 nitrogen and oxygen atoms in total. The number of aryl methyl sites for hydroxylation is 2. The SMILES string of the molecule is CCC(CC)N(CCOC)c1c(C#N)c(C)nn1C. The minimum absolute atomic E-state index is 0.400. The molecule has 5 heteroatoms. The molecule has 0 atom stereocenters. The van der Waals surface area contributed by atoms with Crippen LogP contribution in [0.4, 0.5) is 5.82 Å². The van der Waals surface area contributed by atoms with Gasteiger partial charge >= 0.3 is 0 Å². The molecule has 0 fully saturated rings. The van der Waals surface area contributed by atoms with E-state index in [1.807, 2.05) is 18.7 Å². The molecule has 0 aliphatic carbocycles. The standard InChI is InChI=1S/C14H24N4O/c1-6-12(7-2)18(8-9-19-5)14-13(10-15)11(3)16-17(14)4/h12H,6-9H2,1-5H3. The van der Waals surface area contributed by atoms with Gasteiger partial charge < -0.3 is 9.64 Å². The van der Waals surface area contributed by atoms with Gasteiger partial charge in [-0.1, -0.05) is 13.8 Å². The highest BCUT2D eigenvalue weighted by atomic mass is 16.5. The van der Waals surface area contributed by atoms with Crippen molar-refractivity contribution in [3.8, 4) is 6.07 Å². The number of rotatable bonds is 7. The molecule has 1 aromatic heterocycles. The first-order valence-corrected chi connectivity index (χ1v) is 6.79. The molecular formula is C14H24N4O.